The Morgan fingerprint density at radius 1 is 1.56 bits per heavy atom. The standard InChI is InChI=1S/C12H16BrFN2/c1-15-7-9-4-5-16(8-9)10-2-3-11(13)12(14)6-10/h2-3,6,9,15H,4-5,7-8H2,1H3. The van der Waals surface area contributed by atoms with Gasteiger partial charge in [-0.05, 0) is 60.1 Å². The Morgan fingerprint density at radius 2 is 2.38 bits per heavy atom. The minimum absolute atomic E-state index is 0.186. The lowest BCUT2D eigenvalue weighted by Crippen LogP contribution is -2.24. The van der Waals surface area contributed by atoms with Gasteiger partial charge >= 0.3 is 0 Å². The van der Waals surface area contributed by atoms with Crippen LogP contribution in [0.1, 0.15) is 6.42 Å². The highest BCUT2D eigenvalue weighted by Gasteiger charge is 2.22. The Hall–Kier alpha value is -0.610. The molecule has 0 bridgehead atoms. The smallest absolute Gasteiger partial charge is 0.139 e. The van der Waals surface area contributed by atoms with Gasteiger partial charge < -0.3 is 10.2 Å². The zero-order chi connectivity index (χ0) is 11.5. The van der Waals surface area contributed by atoms with Crippen LogP contribution < -0.4 is 10.2 Å². The maximum Gasteiger partial charge on any atom is 0.139 e. The second kappa shape index (κ2) is 5.15. The predicted octanol–water partition coefficient (Wildman–Crippen LogP) is 2.63. The van der Waals surface area contributed by atoms with Crippen LogP contribution in [0.5, 0.6) is 0 Å². The Morgan fingerprint density at radius 3 is 3.06 bits per heavy atom. The van der Waals surface area contributed by atoms with Crippen molar-refractivity contribution in [1.29, 1.82) is 0 Å². The molecule has 4 heteroatoms. The third-order valence-electron chi connectivity index (χ3n) is 3.05. The van der Waals surface area contributed by atoms with Crippen LogP contribution in [-0.2, 0) is 0 Å². The summed E-state index contributed by atoms with van der Waals surface area (Å²) in [4.78, 5) is 2.25. The van der Waals surface area contributed by atoms with Crippen LogP contribution in [-0.4, -0.2) is 26.7 Å². The third kappa shape index (κ3) is 2.55. The molecule has 0 saturated carbocycles. The number of nitrogens with zero attached hydrogens (tertiary/aromatic N) is 1. The Labute approximate surface area is 104 Å². The summed E-state index contributed by atoms with van der Waals surface area (Å²) in [5.41, 5.74) is 0.985. The maximum atomic E-state index is 13.4. The van der Waals surface area contributed by atoms with E-state index in [9.17, 15) is 4.39 Å². The number of anilines is 1. The molecule has 0 spiro atoms. The summed E-state index contributed by atoms with van der Waals surface area (Å²) in [6.07, 6.45) is 1.18. The van der Waals surface area contributed by atoms with Crippen LogP contribution in [0.25, 0.3) is 0 Å². The molecule has 0 aliphatic carbocycles. The summed E-state index contributed by atoms with van der Waals surface area (Å²) in [5.74, 6) is 0.492. The first-order valence-electron chi connectivity index (χ1n) is 5.55. The van der Waals surface area contributed by atoms with Crippen LogP contribution in [0.3, 0.4) is 0 Å². The van der Waals surface area contributed by atoms with Gasteiger partial charge in [-0.1, -0.05) is 0 Å². The summed E-state index contributed by atoms with van der Waals surface area (Å²) in [5, 5.41) is 3.19. The van der Waals surface area contributed by atoms with Gasteiger partial charge in [0.25, 0.3) is 0 Å². The molecule has 1 heterocycles. The van der Waals surface area contributed by atoms with Gasteiger partial charge in [-0.25, -0.2) is 4.39 Å². The average Bonchev–Trinajstić information content (AvgIpc) is 2.71. The lowest BCUT2D eigenvalue weighted by Gasteiger charge is -2.19. The van der Waals surface area contributed by atoms with E-state index in [0.717, 1.165) is 25.3 Å². The summed E-state index contributed by atoms with van der Waals surface area (Å²) < 4.78 is 13.9. The van der Waals surface area contributed by atoms with Crippen LogP contribution in [0.15, 0.2) is 22.7 Å². The molecule has 1 atom stereocenters. The van der Waals surface area contributed by atoms with E-state index in [0.29, 0.717) is 10.4 Å². The molecule has 16 heavy (non-hydrogen) atoms. The van der Waals surface area contributed by atoms with Crippen LogP contribution in [0.2, 0.25) is 0 Å². The van der Waals surface area contributed by atoms with E-state index in [1.807, 2.05) is 13.1 Å². The number of hydrogen-bond acceptors (Lipinski definition) is 2. The molecule has 0 radical (unpaired) electrons. The molecule has 0 aromatic heterocycles. The first-order chi connectivity index (χ1) is 7.70. The monoisotopic (exact) mass is 286 g/mol. The molecule has 2 rings (SSSR count). The predicted molar refractivity (Wildman–Crippen MR) is 68.3 cm³/mol. The van der Waals surface area contributed by atoms with E-state index in [4.69, 9.17) is 0 Å². The van der Waals surface area contributed by atoms with E-state index < -0.39 is 0 Å². The minimum atomic E-state index is -0.186. The van der Waals surface area contributed by atoms with Crippen molar-refractivity contribution >= 4 is 21.6 Å². The van der Waals surface area contributed by atoms with Crippen molar-refractivity contribution in [3.05, 3.63) is 28.5 Å². The molecule has 1 saturated heterocycles. The van der Waals surface area contributed by atoms with Crippen molar-refractivity contribution in [1.82, 2.24) is 5.32 Å². The number of hydrogen-bond donors (Lipinski definition) is 1. The fraction of sp³-hybridized carbons (Fsp3) is 0.500. The van der Waals surface area contributed by atoms with Crippen molar-refractivity contribution in [3.8, 4) is 0 Å². The maximum absolute atomic E-state index is 13.4. The molecule has 88 valence electrons. The van der Waals surface area contributed by atoms with Crippen molar-refractivity contribution in [2.45, 2.75) is 6.42 Å². The fourth-order valence-electron chi connectivity index (χ4n) is 2.20. The highest BCUT2D eigenvalue weighted by molar-refractivity contribution is 9.10. The average molecular weight is 287 g/mol. The van der Waals surface area contributed by atoms with Gasteiger partial charge in [-0.2, -0.15) is 0 Å². The largest absolute Gasteiger partial charge is 0.371 e. The van der Waals surface area contributed by atoms with Crippen LogP contribution in [0, 0.1) is 11.7 Å². The topological polar surface area (TPSA) is 15.3 Å². The van der Waals surface area contributed by atoms with E-state index in [-0.39, 0.29) is 5.82 Å². The van der Waals surface area contributed by atoms with Gasteiger partial charge in [0.15, 0.2) is 0 Å². The highest BCUT2D eigenvalue weighted by atomic mass is 79.9. The van der Waals surface area contributed by atoms with Crippen molar-refractivity contribution in [2.24, 2.45) is 5.92 Å². The zero-order valence-electron chi connectivity index (χ0n) is 9.34. The van der Waals surface area contributed by atoms with Gasteiger partial charge in [0, 0.05) is 18.8 Å². The first kappa shape index (κ1) is 11.9. The summed E-state index contributed by atoms with van der Waals surface area (Å²) in [6, 6.07) is 5.34. The summed E-state index contributed by atoms with van der Waals surface area (Å²) >= 11 is 3.17. The summed E-state index contributed by atoms with van der Waals surface area (Å²) in [6.45, 7) is 3.07. The molecule has 1 aromatic rings. The number of nitrogens with one attached hydrogen (secondary N) is 1. The molecule has 1 aliphatic rings. The second-order valence-electron chi connectivity index (χ2n) is 4.26. The van der Waals surface area contributed by atoms with Gasteiger partial charge in [-0.3, -0.25) is 0 Å². The van der Waals surface area contributed by atoms with Crippen molar-refractivity contribution in [3.63, 3.8) is 0 Å². The quantitative estimate of drug-likeness (QED) is 0.919. The van der Waals surface area contributed by atoms with Gasteiger partial charge in [0.2, 0.25) is 0 Å². The van der Waals surface area contributed by atoms with Crippen molar-refractivity contribution < 1.29 is 4.39 Å². The molecule has 1 aliphatic heterocycles. The third-order valence-corrected chi connectivity index (χ3v) is 3.69. The molecule has 1 N–H and O–H groups in total. The minimum Gasteiger partial charge on any atom is -0.371 e. The molecular formula is C12H16BrFN2. The number of benzene rings is 1. The molecule has 1 unspecified atom stereocenters. The number of rotatable bonds is 3. The second-order valence-corrected chi connectivity index (χ2v) is 5.11. The normalized spacial score (nSPS) is 20.4. The van der Waals surface area contributed by atoms with Crippen LogP contribution in [0.4, 0.5) is 10.1 Å². The van der Waals surface area contributed by atoms with E-state index >= 15 is 0 Å². The molecular weight excluding hydrogens is 271 g/mol. The van der Waals surface area contributed by atoms with E-state index in [1.165, 1.54) is 6.42 Å². The lowest BCUT2D eigenvalue weighted by atomic mass is 10.1. The van der Waals surface area contributed by atoms with Gasteiger partial charge in [0.05, 0.1) is 4.47 Å². The Bertz CT molecular complexity index is 370. The van der Waals surface area contributed by atoms with Crippen molar-refractivity contribution in [2.75, 3.05) is 31.6 Å². The van der Waals surface area contributed by atoms with E-state index in [2.05, 4.69) is 26.1 Å². The number of halogens is 2. The Kier molecular flexibility index (Phi) is 3.82. The molecule has 2 nitrogen and oxygen atoms in total. The zero-order valence-corrected chi connectivity index (χ0v) is 10.9. The fourth-order valence-corrected chi connectivity index (χ4v) is 2.45. The van der Waals surface area contributed by atoms with Crippen LogP contribution >= 0.6 is 15.9 Å². The first-order valence-corrected chi connectivity index (χ1v) is 6.34. The molecule has 1 aromatic carbocycles. The van der Waals surface area contributed by atoms with Gasteiger partial charge in [-0.15, -0.1) is 0 Å². The molecule has 0 amide bonds. The highest BCUT2D eigenvalue weighted by Crippen LogP contribution is 2.26. The molecule has 1 fully saturated rings. The summed E-state index contributed by atoms with van der Waals surface area (Å²) in [7, 11) is 1.97. The van der Waals surface area contributed by atoms with Gasteiger partial charge in [0.1, 0.15) is 5.82 Å². The SMILES string of the molecule is CNCC1CCN(c2ccc(Br)c(F)c2)C1. The Balaban J connectivity index is 2.05. The lowest BCUT2D eigenvalue weighted by molar-refractivity contribution is 0.549. The van der Waals surface area contributed by atoms with E-state index in [1.54, 1.807) is 12.1 Å².